The fourth-order valence-electron chi connectivity index (χ4n) is 3.58. The van der Waals surface area contributed by atoms with Crippen molar-refractivity contribution < 1.29 is 14.6 Å². The van der Waals surface area contributed by atoms with Crippen LogP contribution in [0.25, 0.3) is 22.2 Å². The van der Waals surface area contributed by atoms with E-state index in [0.717, 1.165) is 16.5 Å². The maximum Gasteiger partial charge on any atom is 0.272 e. The van der Waals surface area contributed by atoms with Gasteiger partial charge >= 0.3 is 0 Å². The molecule has 4 aromatic rings. The molecule has 1 aromatic heterocycles. The lowest BCUT2D eigenvalue weighted by molar-refractivity contribution is 0.0956. The second-order valence-corrected chi connectivity index (χ2v) is 7.95. The van der Waals surface area contributed by atoms with E-state index < -0.39 is 0 Å². The first kappa shape index (κ1) is 22.0. The summed E-state index contributed by atoms with van der Waals surface area (Å²) in [5.41, 5.74) is 7.07. The molecule has 0 saturated carbocycles. The summed E-state index contributed by atoms with van der Waals surface area (Å²) in [6.07, 6.45) is 1.38. The Bertz CT molecular complexity index is 1330. The monoisotopic (exact) mass is 439 g/mol. The van der Waals surface area contributed by atoms with E-state index in [1.807, 2.05) is 36.4 Å². The Morgan fingerprint density at radius 1 is 1.06 bits per heavy atom. The summed E-state index contributed by atoms with van der Waals surface area (Å²) < 4.78 is 5.10. The molecule has 0 saturated heterocycles. The quantitative estimate of drug-likeness (QED) is 0.307. The third kappa shape index (κ3) is 4.70. The van der Waals surface area contributed by atoms with Crippen molar-refractivity contribution in [3.63, 3.8) is 0 Å². The van der Waals surface area contributed by atoms with E-state index in [1.165, 1.54) is 18.9 Å². The number of phenolic OH excluding ortho intramolecular Hbond substituents is 1. The Morgan fingerprint density at radius 3 is 2.55 bits per heavy atom. The largest absolute Gasteiger partial charge is 0.504 e. The molecule has 2 N–H and O–H groups in total. The summed E-state index contributed by atoms with van der Waals surface area (Å²) in [6, 6.07) is 22.6. The number of para-hydroxylation sites is 2. The molecule has 0 aliphatic heterocycles. The third-order valence-electron chi connectivity index (χ3n) is 5.45. The van der Waals surface area contributed by atoms with Crippen molar-refractivity contribution in [1.82, 2.24) is 10.4 Å². The standard InChI is InChI=1S/C27H25N3O3/c1-17(2)18-11-13-19(14-12-18)24-15-22(21-8-4-5-9-23(21)29-24)27(32)30-28-16-20-7-6-10-25(33-3)26(20)31/h4-17,31H,1-3H3,(H,30,32). The van der Waals surface area contributed by atoms with Gasteiger partial charge in [0.2, 0.25) is 0 Å². The fourth-order valence-corrected chi connectivity index (χ4v) is 3.58. The lowest BCUT2D eigenvalue weighted by Crippen LogP contribution is -2.18. The van der Waals surface area contributed by atoms with Crippen LogP contribution in [0.1, 0.15) is 41.3 Å². The van der Waals surface area contributed by atoms with Gasteiger partial charge in [0.1, 0.15) is 0 Å². The molecule has 6 heteroatoms. The smallest absolute Gasteiger partial charge is 0.272 e. The molecule has 0 aliphatic carbocycles. The number of aromatic hydroxyl groups is 1. The van der Waals surface area contributed by atoms with Gasteiger partial charge in [-0.1, -0.05) is 62.4 Å². The molecule has 166 valence electrons. The van der Waals surface area contributed by atoms with Crippen LogP contribution in [0, 0.1) is 0 Å². The SMILES string of the molecule is COc1cccc(C=NNC(=O)c2cc(-c3ccc(C(C)C)cc3)nc3ccccc23)c1O. The second-order valence-electron chi connectivity index (χ2n) is 7.95. The van der Waals surface area contributed by atoms with Crippen LogP contribution in [0.4, 0.5) is 0 Å². The van der Waals surface area contributed by atoms with Gasteiger partial charge in [0.15, 0.2) is 11.5 Å². The van der Waals surface area contributed by atoms with Crippen LogP contribution in [0.5, 0.6) is 11.5 Å². The van der Waals surface area contributed by atoms with Gasteiger partial charge in [0.05, 0.1) is 30.1 Å². The van der Waals surface area contributed by atoms with Crippen LogP contribution in [0.2, 0.25) is 0 Å². The Hall–Kier alpha value is -4.19. The molecule has 0 atom stereocenters. The van der Waals surface area contributed by atoms with E-state index in [2.05, 4.69) is 36.5 Å². The van der Waals surface area contributed by atoms with E-state index in [4.69, 9.17) is 9.72 Å². The van der Waals surface area contributed by atoms with Crippen LogP contribution in [0.15, 0.2) is 77.9 Å². The average Bonchev–Trinajstić information content (AvgIpc) is 2.84. The van der Waals surface area contributed by atoms with Crippen molar-refractivity contribution in [2.75, 3.05) is 7.11 Å². The molecule has 1 heterocycles. The summed E-state index contributed by atoms with van der Waals surface area (Å²) in [5.74, 6) is 0.358. The van der Waals surface area contributed by atoms with E-state index in [9.17, 15) is 9.90 Å². The summed E-state index contributed by atoms with van der Waals surface area (Å²) in [6.45, 7) is 4.30. The van der Waals surface area contributed by atoms with Crippen molar-refractivity contribution >= 4 is 23.0 Å². The van der Waals surface area contributed by atoms with Crippen molar-refractivity contribution in [3.05, 3.63) is 89.5 Å². The first-order valence-electron chi connectivity index (χ1n) is 10.7. The zero-order valence-corrected chi connectivity index (χ0v) is 18.7. The van der Waals surface area contributed by atoms with Crippen LogP contribution in [-0.4, -0.2) is 29.3 Å². The minimum absolute atomic E-state index is 0.0421. The minimum atomic E-state index is -0.368. The Kier molecular flexibility index (Phi) is 6.36. The molecule has 1 amide bonds. The third-order valence-corrected chi connectivity index (χ3v) is 5.45. The van der Waals surface area contributed by atoms with Gasteiger partial charge in [0.25, 0.3) is 5.91 Å². The summed E-state index contributed by atoms with van der Waals surface area (Å²) in [4.78, 5) is 17.8. The van der Waals surface area contributed by atoms with E-state index in [-0.39, 0.29) is 11.7 Å². The van der Waals surface area contributed by atoms with Gasteiger partial charge in [0, 0.05) is 16.5 Å². The molecule has 0 spiro atoms. The highest BCUT2D eigenvalue weighted by molar-refractivity contribution is 6.07. The van der Waals surface area contributed by atoms with Gasteiger partial charge < -0.3 is 9.84 Å². The van der Waals surface area contributed by atoms with Crippen molar-refractivity contribution in [2.45, 2.75) is 19.8 Å². The first-order valence-corrected chi connectivity index (χ1v) is 10.7. The fraction of sp³-hybridized carbons (Fsp3) is 0.148. The molecule has 0 aliphatic rings. The van der Waals surface area contributed by atoms with Gasteiger partial charge in [-0.15, -0.1) is 0 Å². The topological polar surface area (TPSA) is 83.8 Å². The molecule has 0 unspecified atom stereocenters. The van der Waals surface area contributed by atoms with E-state index in [1.54, 1.807) is 24.3 Å². The molecular formula is C27H25N3O3. The van der Waals surface area contributed by atoms with Gasteiger partial charge in [-0.25, -0.2) is 10.4 Å². The summed E-state index contributed by atoms with van der Waals surface area (Å²) in [5, 5.41) is 15.0. The zero-order valence-electron chi connectivity index (χ0n) is 18.7. The maximum atomic E-state index is 13.0. The van der Waals surface area contributed by atoms with E-state index in [0.29, 0.717) is 28.5 Å². The number of hydrazone groups is 1. The van der Waals surface area contributed by atoms with Gasteiger partial charge in [-0.05, 0) is 35.7 Å². The molecule has 33 heavy (non-hydrogen) atoms. The number of hydrogen-bond donors (Lipinski definition) is 2. The predicted octanol–water partition coefficient (Wildman–Crippen LogP) is 5.50. The number of nitrogens with zero attached hydrogens (tertiary/aromatic N) is 2. The molecule has 0 fully saturated rings. The normalized spacial score (nSPS) is 11.3. The van der Waals surface area contributed by atoms with Gasteiger partial charge in [-0.3, -0.25) is 4.79 Å². The predicted molar refractivity (Wildman–Crippen MR) is 131 cm³/mol. The van der Waals surface area contributed by atoms with Crippen LogP contribution in [0.3, 0.4) is 0 Å². The second kappa shape index (κ2) is 9.53. The number of ether oxygens (including phenoxy) is 1. The number of hydrogen-bond acceptors (Lipinski definition) is 5. The zero-order chi connectivity index (χ0) is 23.4. The van der Waals surface area contributed by atoms with Gasteiger partial charge in [-0.2, -0.15) is 5.10 Å². The number of amides is 1. The number of phenols is 1. The maximum absolute atomic E-state index is 13.0. The van der Waals surface area contributed by atoms with Crippen LogP contribution < -0.4 is 10.2 Å². The molecule has 6 nitrogen and oxygen atoms in total. The number of nitrogens with one attached hydrogen (secondary N) is 1. The average molecular weight is 440 g/mol. The number of methoxy groups -OCH3 is 1. The molecule has 3 aromatic carbocycles. The highest BCUT2D eigenvalue weighted by Crippen LogP contribution is 2.28. The number of benzene rings is 3. The van der Waals surface area contributed by atoms with Crippen molar-refractivity contribution in [3.8, 4) is 22.8 Å². The highest BCUT2D eigenvalue weighted by Gasteiger charge is 2.14. The molecule has 4 rings (SSSR count). The lowest BCUT2D eigenvalue weighted by Gasteiger charge is -2.10. The highest BCUT2D eigenvalue weighted by atomic mass is 16.5. The number of aromatic nitrogens is 1. The van der Waals surface area contributed by atoms with Crippen LogP contribution >= 0.6 is 0 Å². The lowest BCUT2D eigenvalue weighted by atomic mass is 9.99. The molecule has 0 bridgehead atoms. The Morgan fingerprint density at radius 2 is 1.82 bits per heavy atom. The molecular weight excluding hydrogens is 414 g/mol. The summed E-state index contributed by atoms with van der Waals surface area (Å²) >= 11 is 0. The Labute approximate surface area is 192 Å². The van der Waals surface area contributed by atoms with Crippen molar-refractivity contribution in [2.24, 2.45) is 5.10 Å². The number of carbonyl (C=O) groups excluding carboxylic acids is 1. The number of fused-ring (bicyclic) bond motifs is 1. The van der Waals surface area contributed by atoms with Crippen LogP contribution in [-0.2, 0) is 0 Å². The molecule has 0 radical (unpaired) electrons. The number of rotatable bonds is 6. The summed E-state index contributed by atoms with van der Waals surface area (Å²) in [7, 11) is 1.47. The minimum Gasteiger partial charge on any atom is -0.504 e. The Balaban J connectivity index is 1.66. The van der Waals surface area contributed by atoms with E-state index >= 15 is 0 Å². The van der Waals surface area contributed by atoms with Crippen molar-refractivity contribution in [1.29, 1.82) is 0 Å². The number of carbonyl (C=O) groups is 1. The number of pyridine rings is 1. The first-order chi connectivity index (χ1) is 16.0.